The van der Waals surface area contributed by atoms with Gasteiger partial charge in [-0.05, 0) is 25.1 Å². The summed E-state index contributed by atoms with van der Waals surface area (Å²) in [6.45, 7) is 1.66. The first kappa shape index (κ1) is 22.4. The van der Waals surface area contributed by atoms with Crippen LogP contribution in [0, 0.1) is 10.1 Å². The Balaban J connectivity index is 2.07. The highest BCUT2D eigenvalue weighted by molar-refractivity contribution is 6.35. The molecule has 0 spiro atoms. The number of hydrogen-bond donors (Lipinski definition) is 3. The fourth-order valence-electron chi connectivity index (χ4n) is 2.30. The molecule has 0 aliphatic heterocycles. The van der Waals surface area contributed by atoms with E-state index in [9.17, 15) is 14.9 Å². The van der Waals surface area contributed by atoms with Gasteiger partial charge in [0.15, 0.2) is 6.61 Å². The number of nitrogens with one attached hydrogen (secondary N) is 2. The van der Waals surface area contributed by atoms with Crippen LogP contribution in [0.15, 0.2) is 24.5 Å². The van der Waals surface area contributed by atoms with Gasteiger partial charge in [-0.15, -0.1) is 0 Å². The van der Waals surface area contributed by atoms with E-state index >= 15 is 0 Å². The zero-order valence-electron chi connectivity index (χ0n) is 15.3. The molecule has 0 radical (unpaired) electrons. The quantitative estimate of drug-likeness (QED) is 0.370. The van der Waals surface area contributed by atoms with E-state index in [0.29, 0.717) is 11.6 Å². The van der Waals surface area contributed by atoms with Crippen molar-refractivity contribution in [2.75, 3.05) is 36.6 Å². The van der Waals surface area contributed by atoms with Gasteiger partial charge in [-0.3, -0.25) is 25.8 Å². The Morgan fingerprint density at radius 2 is 2.14 bits per heavy atom. The van der Waals surface area contributed by atoms with Crippen LogP contribution < -0.4 is 20.5 Å². The molecule has 0 bridgehead atoms. The molecular formula is C16H18Cl2N6O5. The molecule has 0 atom stereocenters. The van der Waals surface area contributed by atoms with Crippen LogP contribution in [0.5, 0.6) is 5.75 Å². The van der Waals surface area contributed by atoms with Gasteiger partial charge in [-0.2, -0.15) is 0 Å². The molecule has 156 valence electrons. The first-order valence-electron chi connectivity index (χ1n) is 8.35. The van der Waals surface area contributed by atoms with E-state index in [1.54, 1.807) is 13.0 Å². The summed E-state index contributed by atoms with van der Waals surface area (Å²) in [7, 11) is 0. The average Bonchev–Trinajstić information content (AvgIpc) is 2.69. The van der Waals surface area contributed by atoms with Gasteiger partial charge in [-0.1, -0.05) is 23.2 Å². The number of anilines is 2. The average molecular weight is 445 g/mol. The van der Waals surface area contributed by atoms with E-state index in [-0.39, 0.29) is 35.6 Å². The summed E-state index contributed by atoms with van der Waals surface area (Å²) in [6.07, 6.45) is 1.11. The highest BCUT2D eigenvalue weighted by Gasteiger charge is 2.26. The molecule has 29 heavy (non-hydrogen) atoms. The maximum absolute atomic E-state index is 12.0. The molecule has 0 unspecified atom stereocenters. The summed E-state index contributed by atoms with van der Waals surface area (Å²) in [5, 5.41) is 21.3. The summed E-state index contributed by atoms with van der Waals surface area (Å²) in [4.78, 5) is 32.1. The van der Waals surface area contributed by atoms with Crippen LogP contribution in [0.25, 0.3) is 0 Å². The molecule has 1 aromatic heterocycles. The van der Waals surface area contributed by atoms with Gasteiger partial charge in [0.05, 0.1) is 16.6 Å². The van der Waals surface area contributed by atoms with E-state index in [4.69, 9.17) is 33.0 Å². The van der Waals surface area contributed by atoms with Gasteiger partial charge in [0.2, 0.25) is 11.6 Å². The summed E-state index contributed by atoms with van der Waals surface area (Å²) in [5.41, 5.74) is 4.23. The van der Waals surface area contributed by atoms with Crippen LogP contribution >= 0.6 is 23.2 Å². The first-order chi connectivity index (χ1) is 13.9. The van der Waals surface area contributed by atoms with Crippen molar-refractivity contribution in [1.82, 2.24) is 15.4 Å². The molecule has 0 saturated carbocycles. The monoisotopic (exact) mass is 444 g/mol. The summed E-state index contributed by atoms with van der Waals surface area (Å²) >= 11 is 11.7. The van der Waals surface area contributed by atoms with Crippen LogP contribution in [0.3, 0.4) is 0 Å². The largest absolute Gasteiger partial charge is 0.482 e. The van der Waals surface area contributed by atoms with Crippen LogP contribution in [-0.2, 0) is 4.79 Å². The predicted molar refractivity (Wildman–Crippen MR) is 107 cm³/mol. The van der Waals surface area contributed by atoms with Crippen molar-refractivity contribution in [2.45, 2.75) is 6.92 Å². The Morgan fingerprint density at radius 1 is 1.38 bits per heavy atom. The van der Waals surface area contributed by atoms with Gasteiger partial charge in [0, 0.05) is 18.1 Å². The second-order valence-electron chi connectivity index (χ2n) is 5.49. The van der Waals surface area contributed by atoms with E-state index in [1.807, 2.05) is 0 Å². The van der Waals surface area contributed by atoms with E-state index in [2.05, 4.69) is 20.8 Å². The minimum absolute atomic E-state index is 0.0162. The number of hydrogen-bond acceptors (Lipinski definition) is 9. The van der Waals surface area contributed by atoms with Crippen LogP contribution in [0.1, 0.15) is 6.92 Å². The minimum Gasteiger partial charge on any atom is -0.482 e. The molecule has 0 saturated heterocycles. The number of nitrogens with zero attached hydrogens (tertiary/aromatic N) is 4. The fourth-order valence-corrected chi connectivity index (χ4v) is 2.76. The number of aliphatic hydroxyl groups is 1. The normalized spacial score (nSPS) is 10.3. The van der Waals surface area contributed by atoms with Gasteiger partial charge < -0.3 is 14.7 Å². The first-order valence-corrected chi connectivity index (χ1v) is 9.10. The SMILES string of the molecule is CCN(CCO)c1ncnc(NNC(=O)COc2ccc(Cl)cc2Cl)c1[N+](=O)[O-]. The van der Waals surface area contributed by atoms with Crippen molar-refractivity contribution in [2.24, 2.45) is 0 Å². The molecule has 2 rings (SSSR count). The van der Waals surface area contributed by atoms with Crippen molar-refractivity contribution in [3.8, 4) is 5.75 Å². The summed E-state index contributed by atoms with van der Waals surface area (Å²) < 4.78 is 5.29. The highest BCUT2D eigenvalue weighted by Crippen LogP contribution is 2.31. The van der Waals surface area contributed by atoms with Crippen LogP contribution in [0.4, 0.5) is 17.3 Å². The number of nitro groups is 1. The number of carbonyl (C=O) groups excluding carboxylic acids is 1. The van der Waals surface area contributed by atoms with Crippen molar-refractivity contribution < 1.29 is 19.6 Å². The Labute approximate surface area is 175 Å². The molecule has 0 aliphatic rings. The second-order valence-corrected chi connectivity index (χ2v) is 6.34. The Bertz CT molecular complexity index is 885. The topological polar surface area (TPSA) is 143 Å². The third-order valence-corrected chi connectivity index (χ3v) is 4.14. The number of aliphatic hydroxyl groups excluding tert-OH is 1. The molecule has 1 amide bonds. The fraction of sp³-hybridized carbons (Fsp3) is 0.312. The summed E-state index contributed by atoms with van der Waals surface area (Å²) in [5.74, 6) is -0.575. The molecule has 13 heteroatoms. The maximum Gasteiger partial charge on any atom is 0.355 e. The standard InChI is InChI=1S/C16H18Cl2N6O5/c1-2-23(5-6-25)16-14(24(27)28)15(19-9-20-16)22-21-13(26)8-29-12-4-3-10(17)7-11(12)18/h3-4,7,9,25H,2,5-6,8H2,1H3,(H,21,26)(H,19,20,22). The van der Waals surface area contributed by atoms with Gasteiger partial charge in [0.1, 0.15) is 12.1 Å². The molecule has 1 aromatic carbocycles. The lowest BCUT2D eigenvalue weighted by atomic mass is 10.3. The smallest absolute Gasteiger partial charge is 0.355 e. The number of benzene rings is 1. The van der Waals surface area contributed by atoms with E-state index in [0.717, 1.165) is 6.33 Å². The number of aromatic nitrogens is 2. The Morgan fingerprint density at radius 3 is 2.76 bits per heavy atom. The number of rotatable bonds is 10. The third kappa shape index (κ3) is 6.04. The predicted octanol–water partition coefficient (Wildman–Crippen LogP) is 2.03. The van der Waals surface area contributed by atoms with E-state index in [1.165, 1.54) is 17.0 Å². The van der Waals surface area contributed by atoms with Crippen molar-refractivity contribution >= 4 is 46.4 Å². The number of halogens is 2. The zero-order valence-corrected chi connectivity index (χ0v) is 16.8. The summed E-state index contributed by atoms with van der Waals surface area (Å²) in [6, 6.07) is 4.52. The second kappa shape index (κ2) is 10.6. The van der Waals surface area contributed by atoms with Crippen LogP contribution in [-0.4, -0.2) is 52.2 Å². The zero-order chi connectivity index (χ0) is 21.4. The number of likely N-dealkylation sites (N-methyl/N-ethyl adjacent to an activating group) is 1. The van der Waals surface area contributed by atoms with Gasteiger partial charge in [-0.25, -0.2) is 9.97 Å². The van der Waals surface area contributed by atoms with E-state index < -0.39 is 23.1 Å². The number of carbonyl (C=O) groups is 1. The third-order valence-electron chi connectivity index (χ3n) is 3.61. The molecule has 11 nitrogen and oxygen atoms in total. The molecule has 0 aliphatic carbocycles. The molecular weight excluding hydrogens is 427 g/mol. The Hall–Kier alpha value is -2.89. The Kier molecular flexibility index (Phi) is 8.19. The molecule has 2 aromatic rings. The molecule has 0 fully saturated rings. The lowest BCUT2D eigenvalue weighted by Crippen LogP contribution is -2.35. The number of amides is 1. The lowest BCUT2D eigenvalue weighted by molar-refractivity contribution is -0.383. The van der Waals surface area contributed by atoms with Crippen molar-refractivity contribution in [1.29, 1.82) is 0 Å². The van der Waals surface area contributed by atoms with Gasteiger partial charge >= 0.3 is 5.69 Å². The van der Waals surface area contributed by atoms with Gasteiger partial charge in [0.25, 0.3) is 5.91 Å². The number of hydrazine groups is 1. The lowest BCUT2D eigenvalue weighted by Gasteiger charge is -2.21. The number of ether oxygens (including phenoxy) is 1. The molecule has 3 N–H and O–H groups in total. The van der Waals surface area contributed by atoms with Crippen molar-refractivity contribution in [3.05, 3.63) is 44.7 Å². The van der Waals surface area contributed by atoms with Crippen molar-refractivity contribution in [3.63, 3.8) is 0 Å². The highest BCUT2D eigenvalue weighted by atomic mass is 35.5. The molecule has 1 heterocycles. The minimum atomic E-state index is -0.673. The maximum atomic E-state index is 12.0. The van der Waals surface area contributed by atoms with Crippen LogP contribution in [0.2, 0.25) is 10.0 Å².